The average Bonchev–Trinajstić information content (AvgIpc) is 2.46. The Kier molecular flexibility index (Phi) is 4.00. The first kappa shape index (κ1) is 13.3. The van der Waals surface area contributed by atoms with E-state index in [-0.39, 0.29) is 0 Å². The molecular formula is C14H17N3O2. The number of pyridine rings is 1. The summed E-state index contributed by atoms with van der Waals surface area (Å²) in [6, 6.07) is 3.54. The molecule has 1 aromatic heterocycles. The van der Waals surface area contributed by atoms with E-state index < -0.39 is 5.97 Å². The lowest BCUT2D eigenvalue weighted by Gasteiger charge is -2.32. The summed E-state index contributed by atoms with van der Waals surface area (Å²) >= 11 is 0. The zero-order chi connectivity index (χ0) is 13.8. The molecule has 0 bridgehead atoms. The van der Waals surface area contributed by atoms with Gasteiger partial charge in [-0.3, -0.25) is 0 Å². The van der Waals surface area contributed by atoms with Crippen LogP contribution in [0, 0.1) is 17.2 Å². The molecule has 0 saturated carbocycles. The fraction of sp³-hybridized carbons (Fsp3) is 0.500. The molecule has 1 aromatic rings. The van der Waals surface area contributed by atoms with Crippen LogP contribution in [0.25, 0.3) is 0 Å². The smallest absolute Gasteiger partial charge is 0.341 e. The van der Waals surface area contributed by atoms with Crippen molar-refractivity contribution >= 4 is 11.8 Å². The molecule has 1 fully saturated rings. The standard InChI is InChI=1S/C14H17N3O2/c1-10-3-5-17(6-4-10)13-12(14(18)19-2)7-11(8-15)9-16-13/h7,9-10H,3-6H2,1-2H3. The predicted molar refractivity (Wildman–Crippen MR) is 70.9 cm³/mol. The molecule has 0 N–H and O–H groups in total. The lowest BCUT2D eigenvalue weighted by molar-refractivity contribution is 0.0601. The third kappa shape index (κ3) is 2.84. The number of aromatic nitrogens is 1. The van der Waals surface area contributed by atoms with E-state index in [0.29, 0.717) is 22.9 Å². The van der Waals surface area contributed by atoms with Gasteiger partial charge in [-0.2, -0.15) is 5.26 Å². The Morgan fingerprint density at radius 3 is 2.79 bits per heavy atom. The Bertz CT molecular complexity index is 514. The highest BCUT2D eigenvalue weighted by Crippen LogP contribution is 2.25. The number of esters is 1. The van der Waals surface area contributed by atoms with Gasteiger partial charge in [-0.15, -0.1) is 0 Å². The number of carbonyl (C=O) groups excluding carboxylic acids is 1. The SMILES string of the molecule is COC(=O)c1cc(C#N)cnc1N1CCC(C)CC1. The average molecular weight is 259 g/mol. The van der Waals surface area contributed by atoms with Crippen molar-refractivity contribution in [1.29, 1.82) is 5.26 Å². The van der Waals surface area contributed by atoms with Gasteiger partial charge in [-0.05, 0) is 24.8 Å². The Labute approximate surface area is 112 Å². The maximum absolute atomic E-state index is 11.8. The van der Waals surface area contributed by atoms with Crippen LogP contribution in [0.2, 0.25) is 0 Å². The van der Waals surface area contributed by atoms with E-state index in [9.17, 15) is 4.79 Å². The minimum absolute atomic E-state index is 0.370. The fourth-order valence-electron chi connectivity index (χ4n) is 2.25. The number of ether oxygens (including phenoxy) is 1. The highest BCUT2D eigenvalue weighted by Gasteiger charge is 2.23. The van der Waals surface area contributed by atoms with Crippen LogP contribution in [-0.4, -0.2) is 31.2 Å². The minimum Gasteiger partial charge on any atom is -0.465 e. The Morgan fingerprint density at radius 1 is 1.53 bits per heavy atom. The van der Waals surface area contributed by atoms with Crippen LogP contribution in [0.1, 0.15) is 35.7 Å². The summed E-state index contributed by atoms with van der Waals surface area (Å²) in [5.74, 6) is 0.882. The van der Waals surface area contributed by atoms with E-state index in [4.69, 9.17) is 10.00 Å². The van der Waals surface area contributed by atoms with Gasteiger partial charge in [-0.1, -0.05) is 6.92 Å². The maximum atomic E-state index is 11.8. The van der Waals surface area contributed by atoms with Crippen LogP contribution in [-0.2, 0) is 4.74 Å². The first-order valence-corrected chi connectivity index (χ1v) is 6.39. The van der Waals surface area contributed by atoms with Gasteiger partial charge in [0.1, 0.15) is 17.5 Å². The molecule has 0 aliphatic carbocycles. The molecule has 1 aliphatic rings. The van der Waals surface area contributed by atoms with Crippen molar-refractivity contribution in [2.24, 2.45) is 5.92 Å². The molecule has 0 aromatic carbocycles. The van der Waals surface area contributed by atoms with E-state index in [0.717, 1.165) is 25.9 Å². The van der Waals surface area contributed by atoms with E-state index in [2.05, 4.69) is 16.8 Å². The summed E-state index contributed by atoms with van der Waals surface area (Å²) in [7, 11) is 1.34. The number of methoxy groups -OCH3 is 1. The molecule has 2 rings (SSSR count). The summed E-state index contributed by atoms with van der Waals surface area (Å²) in [6.45, 7) is 3.99. The largest absolute Gasteiger partial charge is 0.465 e. The third-order valence-corrected chi connectivity index (χ3v) is 3.48. The van der Waals surface area contributed by atoms with Crippen molar-refractivity contribution < 1.29 is 9.53 Å². The first-order chi connectivity index (χ1) is 9.15. The number of anilines is 1. The number of piperidine rings is 1. The molecule has 1 saturated heterocycles. The van der Waals surface area contributed by atoms with Crippen LogP contribution in [0.4, 0.5) is 5.82 Å². The lowest BCUT2D eigenvalue weighted by atomic mass is 9.99. The van der Waals surface area contributed by atoms with Gasteiger partial charge in [-0.25, -0.2) is 9.78 Å². The summed E-state index contributed by atoms with van der Waals surface area (Å²) in [4.78, 5) is 18.2. The topological polar surface area (TPSA) is 66.2 Å². The Hall–Kier alpha value is -2.09. The fourth-order valence-corrected chi connectivity index (χ4v) is 2.25. The van der Waals surface area contributed by atoms with Crippen molar-refractivity contribution in [1.82, 2.24) is 4.98 Å². The van der Waals surface area contributed by atoms with Gasteiger partial charge >= 0.3 is 5.97 Å². The number of rotatable bonds is 2. The second-order valence-corrected chi connectivity index (χ2v) is 4.87. The second-order valence-electron chi connectivity index (χ2n) is 4.87. The molecule has 19 heavy (non-hydrogen) atoms. The number of carbonyl (C=O) groups is 1. The number of nitriles is 1. The summed E-state index contributed by atoms with van der Waals surface area (Å²) < 4.78 is 4.77. The van der Waals surface area contributed by atoms with Crippen LogP contribution >= 0.6 is 0 Å². The third-order valence-electron chi connectivity index (χ3n) is 3.48. The lowest BCUT2D eigenvalue weighted by Crippen LogP contribution is -2.34. The summed E-state index contributed by atoms with van der Waals surface area (Å²) in [6.07, 6.45) is 3.67. The minimum atomic E-state index is -0.446. The number of hydrogen-bond acceptors (Lipinski definition) is 5. The van der Waals surface area contributed by atoms with Gasteiger partial charge in [0.15, 0.2) is 0 Å². The van der Waals surface area contributed by atoms with E-state index in [1.807, 2.05) is 6.07 Å². The monoisotopic (exact) mass is 259 g/mol. The van der Waals surface area contributed by atoms with Crippen molar-refractivity contribution in [2.45, 2.75) is 19.8 Å². The predicted octanol–water partition coefficient (Wildman–Crippen LogP) is 1.98. The van der Waals surface area contributed by atoms with Crippen LogP contribution in [0.15, 0.2) is 12.3 Å². The molecule has 1 aliphatic heterocycles. The molecule has 100 valence electrons. The van der Waals surface area contributed by atoms with Gasteiger partial charge in [0.05, 0.1) is 12.7 Å². The molecule has 0 unspecified atom stereocenters. The van der Waals surface area contributed by atoms with Crippen LogP contribution < -0.4 is 4.90 Å². The highest BCUT2D eigenvalue weighted by atomic mass is 16.5. The quantitative estimate of drug-likeness (QED) is 0.760. The molecule has 5 heteroatoms. The molecule has 0 spiro atoms. The van der Waals surface area contributed by atoms with Gasteiger partial charge in [0.2, 0.25) is 0 Å². The second kappa shape index (κ2) is 5.70. The normalized spacial score (nSPS) is 15.9. The van der Waals surface area contributed by atoms with Crippen molar-refractivity contribution in [3.63, 3.8) is 0 Å². The van der Waals surface area contributed by atoms with Gasteiger partial charge in [0.25, 0.3) is 0 Å². The molecule has 5 nitrogen and oxygen atoms in total. The first-order valence-electron chi connectivity index (χ1n) is 6.39. The van der Waals surface area contributed by atoms with Crippen molar-refractivity contribution in [2.75, 3.05) is 25.1 Å². The van der Waals surface area contributed by atoms with E-state index in [1.165, 1.54) is 13.3 Å². The molecule has 0 atom stereocenters. The summed E-state index contributed by atoms with van der Waals surface area (Å²) in [5, 5.41) is 8.90. The van der Waals surface area contributed by atoms with Crippen LogP contribution in [0.5, 0.6) is 0 Å². The Balaban J connectivity index is 2.34. The number of hydrogen-bond donors (Lipinski definition) is 0. The summed E-state index contributed by atoms with van der Waals surface area (Å²) in [5.41, 5.74) is 0.741. The zero-order valence-corrected chi connectivity index (χ0v) is 11.2. The van der Waals surface area contributed by atoms with Gasteiger partial charge in [0, 0.05) is 19.3 Å². The molecule has 0 radical (unpaired) electrons. The highest BCUT2D eigenvalue weighted by molar-refractivity contribution is 5.95. The van der Waals surface area contributed by atoms with E-state index in [1.54, 1.807) is 6.07 Å². The van der Waals surface area contributed by atoms with E-state index >= 15 is 0 Å². The van der Waals surface area contributed by atoms with Crippen LogP contribution in [0.3, 0.4) is 0 Å². The van der Waals surface area contributed by atoms with Crippen molar-refractivity contribution in [3.8, 4) is 6.07 Å². The molecule has 2 heterocycles. The Morgan fingerprint density at radius 2 is 2.21 bits per heavy atom. The van der Waals surface area contributed by atoms with Gasteiger partial charge < -0.3 is 9.64 Å². The molecule has 0 amide bonds. The molecular weight excluding hydrogens is 242 g/mol. The number of nitrogens with zero attached hydrogens (tertiary/aromatic N) is 3. The zero-order valence-electron chi connectivity index (χ0n) is 11.2. The van der Waals surface area contributed by atoms with Crippen molar-refractivity contribution in [3.05, 3.63) is 23.4 Å². The maximum Gasteiger partial charge on any atom is 0.341 e.